The fourth-order valence-corrected chi connectivity index (χ4v) is 25.8. The number of nitrogens with two attached hydrogens (primary N) is 1. The molecule has 0 saturated carbocycles. The molecule has 8 N–H and O–H groups in total. The third-order valence-electron chi connectivity index (χ3n) is 23.3. The summed E-state index contributed by atoms with van der Waals surface area (Å²) in [4.78, 5) is 271. The Morgan fingerprint density at radius 3 is 0.746 bits per heavy atom. The van der Waals surface area contributed by atoms with Crippen molar-refractivity contribution in [1.29, 1.82) is 0 Å². The smallest absolute Gasteiger partial charge is 0.351 e. The molecule has 0 bridgehead atoms. The number of anilines is 1. The van der Waals surface area contributed by atoms with Crippen molar-refractivity contribution < 1.29 is 130 Å². The molecule has 0 amide bonds. The summed E-state index contributed by atoms with van der Waals surface area (Å²) in [6, 6.07) is 0. The van der Waals surface area contributed by atoms with Crippen LogP contribution in [-0.4, -0.2) is 199 Å². The van der Waals surface area contributed by atoms with Gasteiger partial charge in [0.2, 0.25) is 0 Å². The highest BCUT2D eigenvalue weighted by Crippen LogP contribution is 2.56. The molecule has 56 nitrogen and oxygen atoms in total. The van der Waals surface area contributed by atoms with Crippen LogP contribution in [0.4, 0.5) is 5.82 Å². The van der Waals surface area contributed by atoms with Crippen molar-refractivity contribution in [1.82, 2.24) is 66.9 Å². The standard InChI is InChI=1S/C72H98N15O41P7S7/c1-10-38-39(11-52(115-38)82-19-32(3)60(88)75-67(82)95)123-130(102,137)109-26-48-42(14-55(118-48)84-21-34(5)62(90)77-69(84)97)126-134(106,141)113-29-51-45(17-58(121-51)87-24-37(8)65(93)80-72(87)100)128-135(107,142)114-30-50-44(16-57(120-50)86-23-36(7)64(92)79-71(86)99)127-133(105,140)111-27-47-41(13-53(117-47)81-18-31(2)59(73)74-66(81)94)124-132(104,139)112-28-49-43(15-56(119-49)85-22-35(6)63(91)78-70(85)98)125-131(103,138)110-25-46-40(122-129(101,136)108-9)12-54(116-46)83-20-33(4)61(89)76-68(83)96/h18-24,38-58H,10-17,25-30H2,1-9H3,(H,101,136)(H,102,137)(H,103,138)(H,104,139)(H,105,140)(H,106,141)(H,107,142)(H2,73,74,94)(H,75,88,95)(H,76,89,96)(H,77,90,97)(H,78,91,98)(H,79,92,99)(H,80,93,100)/p-7/t38-,39?,40?,41?,42?,43?,44?,45?,46-,47-,48-,49-,50-,51-,52-,53-,54-,55-,56-,57-,58-,129?,130?,131?,132?,133?,134?,135?/m1/s1. The van der Waals surface area contributed by atoms with Crippen molar-refractivity contribution in [2.24, 2.45) is 0 Å². The summed E-state index contributed by atoms with van der Waals surface area (Å²) < 4.78 is 145. The highest BCUT2D eigenvalue weighted by Gasteiger charge is 2.49. The normalized spacial score (nSPS) is 29.8. The van der Waals surface area contributed by atoms with E-state index in [1.165, 1.54) is 67.1 Å². The van der Waals surface area contributed by atoms with Crippen molar-refractivity contribution in [2.45, 2.75) is 236 Å². The largest absolute Gasteiger partial charge is 0.780 e. The van der Waals surface area contributed by atoms with Gasteiger partial charge < -0.3 is 144 Å². The monoisotopic (exact) mass is 2260 g/mol. The first-order valence-electron chi connectivity index (χ1n) is 42.7. The van der Waals surface area contributed by atoms with Crippen LogP contribution in [0.15, 0.2) is 106 Å². The van der Waals surface area contributed by atoms with Gasteiger partial charge in [-0.15, -0.1) is 0 Å². The van der Waals surface area contributed by atoms with E-state index in [4.69, 9.17) is 185 Å². The fraction of sp³-hybridized carbons (Fsp3) is 0.611. The van der Waals surface area contributed by atoms with Gasteiger partial charge in [-0.3, -0.25) is 95.2 Å². The lowest BCUT2D eigenvalue weighted by atomic mass is 10.1. The Kier molecular flexibility index (Phi) is 35.5. The predicted molar refractivity (Wildman–Crippen MR) is 501 cm³/mol. The van der Waals surface area contributed by atoms with Crippen LogP contribution in [0.5, 0.6) is 0 Å². The molecule has 7 aromatic rings. The van der Waals surface area contributed by atoms with Crippen LogP contribution in [0.1, 0.15) is 141 Å². The molecule has 142 heavy (non-hydrogen) atoms. The van der Waals surface area contributed by atoms with Gasteiger partial charge in [0.05, 0.1) is 88.5 Å². The number of aromatic amines is 6. The minimum Gasteiger partial charge on any atom is -0.780 e. The van der Waals surface area contributed by atoms with E-state index in [0.717, 1.165) is 63.9 Å². The Labute approximate surface area is 834 Å². The molecule has 0 aliphatic carbocycles. The zero-order valence-corrected chi connectivity index (χ0v) is 87.4. The highest BCUT2D eigenvalue weighted by molar-refractivity contribution is 8.32. The lowest BCUT2D eigenvalue weighted by Crippen LogP contribution is -2.35. The average molecular weight is 2260 g/mol. The summed E-state index contributed by atoms with van der Waals surface area (Å²) in [7, 11) is 1.00. The van der Waals surface area contributed by atoms with E-state index in [0.29, 0.717) is 0 Å². The van der Waals surface area contributed by atoms with Gasteiger partial charge in [0.1, 0.15) is 126 Å². The van der Waals surface area contributed by atoms with Crippen LogP contribution in [0, 0.1) is 48.5 Å². The number of aryl methyl sites for hydroxylation is 7. The average Bonchev–Trinajstić information content (AvgIpc) is 1.58. The predicted octanol–water partition coefficient (Wildman–Crippen LogP) is -3.69. The van der Waals surface area contributed by atoms with Crippen molar-refractivity contribution in [3.05, 3.63) is 218 Å². The molecule has 7 saturated heterocycles. The number of hydrogen-bond donors (Lipinski definition) is 7. The molecule has 14 unspecified atom stereocenters. The molecular formula is C72H91N15O41P7S7-7. The molecule has 0 radical (unpaired) electrons. The van der Waals surface area contributed by atoms with E-state index >= 15 is 0 Å². The Hall–Kier alpha value is -5.84. The number of rotatable bonds is 41. The lowest BCUT2D eigenvalue weighted by molar-refractivity contribution is -0.221. The highest BCUT2D eigenvalue weighted by atomic mass is 32.7. The molecule has 14 rings (SSSR count). The van der Waals surface area contributed by atoms with E-state index < -0.39 is 321 Å². The van der Waals surface area contributed by atoms with Crippen LogP contribution in [0.25, 0.3) is 0 Å². The number of hydrogen-bond acceptors (Lipinski definition) is 50. The maximum Gasteiger partial charge on any atom is 0.351 e. The van der Waals surface area contributed by atoms with Crippen LogP contribution < -0.4 is 108 Å². The summed E-state index contributed by atoms with van der Waals surface area (Å²) >= 11 is 37.5. The van der Waals surface area contributed by atoms with Gasteiger partial charge in [0.15, 0.2) is 6.80 Å². The Balaban J connectivity index is 0.665. The molecular weight excluding hydrogens is 2170 g/mol. The SMILES string of the molecule is CC[C@H]1O[C@@H](n2cc(C)c(=O)[nH]c2=O)CC1OP([O-])(=S)OC[C@H]1O[C@@H](n2cc(C)c(=O)[nH]c2=O)CC1OP(=O)([S-])OC[C@H]1O[C@@H](n2cc(C)c(=O)[nH]c2=O)CC1OP([O-])(=S)OC[C@H]1O[C@@H](n2cc(C)c(=O)[nH]c2=O)CC1OP([O-])(=S)OC[C@H]1O[C@@H](n2cc(C)c(N)nc2=O)CC1OP([O-])(=S)OC[C@H]1O[C@@H](n2cc(C)c(=O)[nH]c2=O)CC1OP([O-])(=S)OC[C@H]1O[C@@H](n2cc(C)c(=O)[nH]c2=O)CC1OP([O-])(=S)OC. The molecule has 7 aliphatic rings. The molecule has 0 spiro atoms. The number of nitrogens with one attached hydrogen (secondary N) is 6. The third-order valence-corrected chi connectivity index (χ3v) is 34.4. The van der Waals surface area contributed by atoms with Crippen LogP contribution >= 0.6 is 47.1 Å². The summed E-state index contributed by atoms with van der Waals surface area (Å²) in [5.41, 5.74) is -4.72. The Morgan fingerprint density at radius 2 is 0.521 bits per heavy atom. The van der Waals surface area contributed by atoms with E-state index in [9.17, 15) is 96.3 Å². The van der Waals surface area contributed by atoms with Crippen molar-refractivity contribution >= 4 is 136 Å². The van der Waals surface area contributed by atoms with E-state index in [1.807, 2.05) is 0 Å². The van der Waals surface area contributed by atoms with Crippen molar-refractivity contribution in [2.75, 3.05) is 52.5 Å². The molecule has 14 heterocycles. The minimum absolute atomic E-state index is 0.0114. The minimum atomic E-state index is -5.10. The number of H-pyrrole nitrogens is 6. The topological polar surface area (TPSA) is 739 Å². The second-order valence-corrected chi connectivity index (χ2v) is 52.5. The van der Waals surface area contributed by atoms with E-state index in [-0.39, 0.29) is 64.0 Å². The lowest BCUT2D eigenvalue weighted by Gasteiger charge is -2.36. The molecule has 784 valence electrons. The second kappa shape index (κ2) is 45.1. The summed E-state index contributed by atoms with van der Waals surface area (Å²) in [6.45, 7) is -28.0. The number of ether oxygens (including phenoxy) is 7. The molecule has 7 fully saturated rings. The molecule has 7 aliphatic heterocycles. The first kappa shape index (κ1) is 112. The third kappa shape index (κ3) is 27.5. The van der Waals surface area contributed by atoms with Crippen LogP contribution in [-0.2, 0) is 184 Å². The van der Waals surface area contributed by atoms with Gasteiger partial charge in [-0.2, -0.15) is 4.98 Å². The molecule has 0 aromatic carbocycles. The fourth-order valence-electron chi connectivity index (χ4n) is 16.1. The molecule has 28 atom stereocenters. The van der Waals surface area contributed by atoms with E-state index in [1.54, 1.807) is 6.92 Å². The van der Waals surface area contributed by atoms with Gasteiger partial charge in [-0.25, -0.2) is 33.6 Å². The number of nitrogens with zero attached hydrogens (tertiary/aromatic N) is 8. The first-order chi connectivity index (χ1) is 66.4. The maximum atomic E-state index is 14.9. The van der Waals surface area contributed by atoms with Crippen LogP contribution in [0.3, 0.4) is 0 Å². The number of nitrogen functional groups attached to an aromatic ring is 1. The van der Waals surface area contributed by atoms with Crippen molar-refractivity contribution in [3.8, 4) is 0 Å². The van der Waals surface area contributed by atoms with Gasteiger partial charge in [0.25, 0.3) is 33.4 Å². The van der Waals surface area contributed by atoms with E-state index in [2.05, 4.69) is 34.9 Å². The summed E-state index contributed by atoms with van der Waals surface area (Å²) in [6.07, 6.45) is -24.6. The van der Waals surface area contributed by atoms with Gasteiger partial charge in [-0.05, 0) is 54.9 Å². The van der Waals surface area contributed by atoms with Gasteiger partial charge in [-0.1, -0.05) is 77.8 Å². The zero-order valence-electron chi connectivity index (χ0n) is 75.4. The zero-order chi connectivity index (χ0) is 103. The molecule has 70 heteroatoms. The first-order valence-corrected chi connectivity index (χ1v) is 60.5. The summed E-state index contributed by atoms with van der Waals surface area (Å²) in [5, 5.41) is 0. The van der Waals surface area contributed by atoms with Gasteiger partial charge >= 0.3 is 39.8 Å². The maximum absolute atomic E-state index is 14.9. The Bertz CT molecular complexity index is 7180. The van der Waals surface area contributed by atoms with Crippen LogP contribution in [0.2, 0.25) is 0 Å². The Morgan fingerprint density at radius 1 is 0.331 bits per heavy atom. The number of aromatic nitrogens is 14. The summed E-state index contributed by atoms with van der Waals surface area (Å²) in [5.74, 6) is -0.182. The van der Waals surface area contributed by atoms with Crippen molar-refractivity contribution in [3.63, 3.8) is 0 Å². The quantitative estimate of drug-likeness (QED) is 0.0143. The van der Waals surface area contributed by atoms with Gasteiger partial charge in [0, 0.05) is 134 Å². The molecule has 7 aromatic heterocycles. The second-order valence-electron chi connectivity index (χ2n) is 33.4.